The van der Waals surface area contributed by atoms with Crippen molar-refractivity contribution in [1.29, 1.82) is 0 Å². The zero-order valence-electron chi connectivity index (χ0n) is 19.2. The van der Waals surface area contributed by atoms with Gasteiger partial charge in [-0.2, -0.15) is 4.39 Å². The van der Waals surface area contributed by atoms with Gasteiger partial charge in [0.05, 0.1) is 23.4 Å². The topological polar surface area (TPSA) is 89.2 Å². The van der Waals surface area contributed by atoms with E-state index < -0.39 is 5.95 Å². The summed E-state index contributed by atoms with van der Waals surface area (Å²) in [6.07, 6.45) is 8.26. The molecule has 1 aliphatic carbocycles. The average Bonchev–Trinajstić information content (AvgIpc) is 2.81. The molecule has 174 valence electrons. The monoisotopic (exact) mass is 450 g/mol. The number of pyridine rings is 1. The first-order valence-electron chi connectivity index (χ1n) is 11.8. The van der Waals surface area contributed by atoms with Gasteiger partial charge >= 0.3 is 0 Å². The van der Waals surface area contributed by atoms with Crippen molar-refractivity contribution in [2.75, 3.05) is 24.1 Å². The lowest BCUT2D eigenvalue weighted by Gasteiger charge is -2.43. The van der Waals surface area contributed by atoms with Crippen molar-refractivity contribution in [3.05, 3.63) is 42.7 Å². The second-order valence-electron chi connectivity index (χ2n) is 9.42. The maximum atomic E-state index is 13.5. The number of hydrogen-bond acceptors (Lipinski definition) is 7. The molecule has 1 saturated carbocycles. The van der Waals surface area contributed by atoms with Crippen LogP contribution in [0.5, 0.6) is 0 Å². The molecule has 0 radical (unpaired) electrons. The number of anilines is 2. The van der Waals surface area contributed by atoms with E-state index in [1.807, 2.05) is 18.2 Å². The van der Waals surface area contributed by atoms with Gasteiger partial charge in [-0.05, 0) is 63.3 Å². The summed E-state index contributed by atoms with van der Waals surface area (Å²) in [5.74, 6) is 0.184. The molecule has 1 saturated heterocycles. The highest BCUT2D eigenvalue weighted by Crippen LogP contribution is 2.31. The van der Waals surface area contributed by atoms with Crippen LogP contribution in [0.2, 0.25) is 0 Å². The van der Waals surface area contributed by atoms with Crippen LogP contribution < -0.4 is 11.1 Å². The summed E-state index contributed by atoms with van der Waals surface area (Å²) in [5, 5.41) is 4.61. The van der Waals surface area contributed by atoms with E-state index >= 15 is 0 Å². The number of halogens is 1. The summed E-state index contributed by atoms with van der Waals surface area (Å²) in [7, 11) is 0. The Morgan fingerprint density at radius 2 is 1.76 bits per heavy atom. The van der Waals surface area contributed by atoms with Gasteiger partial charge < -0.3 is 15.8 Å². The Balaban J connectivity index is 1.30. The minimum Gasteiger partial charge on any atom is -0.395 e. The predicted octanol–water partition coefficient (Wildman–Crippen LogP) is 4.25. The Hall–Kier alpha value is -2.84. The number of nitrogen functional groups attached to an aromatic ring is 1. The Labute approximate surface area is 193 Å². The largest absolute Gasteiger partial charge is 0.395 e. The highest BCUT2D eigenvalue weighted by molar-refractivity contribution is 5.92. The molecule has 0 spiro atoms. The minimum absolute atomic E-state index is 0.0380. The molecule has 2 aliphatic rings. The quantitative estimate of drug-likeness (QED) is 0.575. The smallest absolute Gasteiger partial charge is 0.236 e. The Bertz CT molecular complexity index is 1120. The first-order chi connectivity index (χ1) is 16.0. The van der Waals surface area contributed by atoms with Crippen LogP contribution in [0, 0.1) is 5.95 Å². The molecule has 2 atom stereocenters. The van der Waals surface area contributed by atoms with E-state index in [0.717, 1.165) is 53.8 Å². The van der Waals surface area contributed by atoms with E-state index in [-0.39, 0.29) is 5.69 Å². The molecule has 0 bridgehead atoms. The number of hydrogen-bond donors (Lipinski definition) is 2. The number of benzene rings is 1. The Morgan fingerprint density at radius 3 is 2.48 bits per heavy atom. The molecule has 0 amide bonds. The van der Waals surface area contributed by atoms with Crippen LogP contribution in [-0.4, -0.2) is 57.2 Å². The van der Waals surface area contributed by atoms with Crippen molar-refractivity contribution >= 4 is 22.4 Å². The number of nitrogens with two attached hydrogens (primary N) is 1. The fourth-order valence-electron chi connectivity index (χ4n) is 5.27. The van der Waals surface area contributed by atoms with Gasteiger partial charge in [-0.1, -0.05) is 6.07 Å². The zero-order chi connectivity index (χ0) is 22.9. The third-order valence-electron chi connectivity index (χ3n) is 6.84. The summed E-state index contributed by atoms with van der Waals surface area (Å²) in [6.45, 7) is 6.38. The second kappa shape index (κ2) is 9.19. The van der Waals surface area contributed by atoms with Gasteiger partial charge in [-0.15, -0.1) is 0 Å². The fraction of sp³-hybridized carbons (Fsp3) is 0.480. The van der Waals surface area contributed by atoms with Crippen molar-refractivity contribution in [2.45, 2.75) is 63.8 Å². The molecule has 8 heteroatoms. The van der Waals surface area contributed by atoms with E-state index in [1.54, 1.807) is 12.4 Å². The second-order valence-corrected chi connectivity index (χ2v) is 9.42. The SMILES string of the molecule is C[C@@H]1CN(C2CCC(Nc3ncnc4ccc(-c5cnc(F)c(N)c5)cc34)CC2)C[C@H](C)O1. The summed E-state index contributed by atoms with van der Waals surface area (Å²) in [6, 6.07) is 8.53. The molecule has 5 rings (SSSR count). The first kappa shape index (κ1) is 22.0. The van der Waals surface area contributed by atoms with Gasteiger partial charge in [0.15, 0.2) is 0 Å². The lowest BCUT2D eigenvalue weighted by molar-refractivity contribution is -0.0842. The van der Waals surface area contributed by atoms with Crippen LogP contribution in [0.1, 0.15) is 39.5 Å². The number of fused-ring (bicyclic) bond motifs is 1. The van der Waals surface area contributed by atoms with Crippen LogP contribution >= 0.6 is 0 Å². The van der Waals surface area contributed by atoms with Crippen LogP contribution in [0.15, 0.2) is 36.8 Å². The number of rotatable bonds is 4. The maximum Gasteiger partial charge on any atom is 0.236 e. The molecule has 2 fully saturated rings. The van der Waals surface area contributed by atoms with E-state index in [4.69, 9.17) is 10.5 Å². The van der Waals surface area contributed by atoms with Crippen molar-refractivity contribution in [3.63, 3.8) is 0 Å². The molecule has 3 heterocycles. The molecule has 1 aromatic carbocycles. The Morgan fingerprint density at radius 1 is 1.00 bits per heavy atom. The molecular formula is C25H31FN6O. The third-order valence-corrected chi connectivity index (χ3v) is 6.84. The number of morpholine rings is 1. The summed E-state index contributed by atoms with van der Waals surface area (Å²) < 4.78 is 19.4. The van der Waals surface area contributed by atoms with Crippen molar-refractivity contribution < 1.29 is 9.13 Å². The van der Waals surface area contributed by atoms with Gasteiger partial charge in [0, 0.05) is 42.3 Å². The average molecular weight is 451 g/mol. The van der Waals surface area contributed by atoms with Gasteiger partial charge in [0.1, 0.15) is 12.1 Å². The standard InChI is InChI=1S/C25H31FN6O/c1-15-12-32(13-16(2)33-15)20-6-4-19(5-7-20)31-25-21-9-17(3-8-23(21)29-14-30-25)18-10-22(27)24(26)28-11-18/h3,8-11,14-16,19-20H,4-7,12-13,27H2,1-2H3,(H,29,30,31)/t15-,16+,19?,20?. The molecule has 33 heavy (non-hydrogen) atoms. The van der Waals surface area contributed by atoms with Crippen molar-refractivity contribution in [1.82, 2.24) is 19.9 Å². The molecular weight excluding hydrogens is 419 g/mol. The van der Waals surface area contributed by atoms with Gasteiger partial charge in [-0.25, -0.2) is 15.0 Å². The first-order valence-corrected chi connectivity index (χ1v) is 11.8. The highest BCUT2D eigenvalue weighted by Gasteiger charge is 2.31. The van der Waals surface area contributed by atoms with Crippen LogP contribution in [0.3, 0.4) is 0 Å². The molecule has 3 aromatic rings. The van der Waals surface area contributed by atoms with E-state index in [1.165, 1.54) is 19.0 Å². The minimum atomic E-state index is -0.651. The van der Waals surface area contributed by atoms with Gasteiger partial charge in [0.2, 0.25) is 5.95 Å². The highest BCUT2D eigenvalue weighted by atomic mass is 19.1. The van der Waals surface area contributed by atoms with E-state index in [0.29, 0.717) is 24.3 Å². The summed E-state index contributed by atoms with van der Waals surface area (Å²) in [4.78, 5) is 15.3. The molecule has 1 aliphatic heterocycles. The number of nitrogens with zero attached hydrogens (tertiary/aromatic N) is 4. The van der Waals surface area contributed by atoms with Gasteiger partial charge in [0.25, 0.3) is 0 Å². The normalized spacial score (nSPS) is 26.4. The van der Waals surface area contributed by atoms with Crippen molar-refractivity contribution in [2.24, 2.45) is 0 Å². The fourth-order valence-corrected chi connectivity index (χ4v) is 5.27. The molecule has 7 nitrogen and oxygen atoms in total. The molecule has 3 N–H and O–H groups in total. The Kier molecular flexibility index (Phi) is 6.12. The summed E-state index contributed by atoms with van der Waals surface area (Å²) in [5.41, 5.74) is 8.29. The zero-order valence-corrected chi connectivity index (χ0v) is 19.2. The lowest BCUT2D eigenvalue weighted by atomic mass is 9.89. The molecule has 0 unspecified atom stereocenters. The van der Waals surface area contributed by atoms with E-state index in [2.05, 4.69) is 39.0 Å². The number of aromatic nitrogens is 3. The number of nitrogens with one attached hydrogen (secondary N) is 1. The van der Waals surface area contributed by atoms with Crippen molar-refractivity contribution in [3.8, 4) is 11.1 Å². The number of ether oxygens (including phenoxy) is 1. The lowest BCUT2D eigenvalue weighted by Crippen LogP contribution is -2.51. The molecule has 2 aromatic heterocycles. The van der Waals surface area contributed by atoms with E-state index in [9.17, 15) is 4.39 Å². The predicted molar refractivity (Wildman–Crippen MR) is 128 cm³/mol. The summed E-state index contributed by atoms with van der Waals surface area (Å²) >= 11 is 0. The van der Waals surface area contributed by atoms with Gasteiger partial charge in [-0.3, -0.25) is 4.90 Å². The maximum absolute atomic E-state index is 13.5. The third kappa shape index (κ3) is 4.77. The van der Waals surface area contributed by atoms with Crippen LogP contribution in [0.25, 0.3) is 22.0 Å². The van der Waals surface area contributed by atoms with Crippen LogP contribution in [-0.2, 0) is 4.74 Å². The van der Waals surface area contributed by atoms with Crippen LogP contribution in [0.4, 0.5) is 15.9 Å².